The minimum absolute atomic E-state index is 0.0894. The number of fused-ring (bicyclic) bond motifs is 1. The van der Waals surface area contributed by atoms with E-state index in [1.165, 1.54) is 12.1 Å². The number of alkyl halides is 3. The Morgan fingerprint density at radius 1 is 1.14 bits per heavy atom. The maximum Gasteiger partial charge on any atom is 0.416 e. The van der Waals surface area contributed by atoms with Gasteiger partial charge in [-0.3, -0.25) is 9.78 Å². The molecule has 1 amide bonds. The van der Waals surface area contributed by atoms with Gasteiger partial charge in [-0.15, -0.1) is 0 Å². The number of hydrogen-bond acceptors (Lipinski definition) is 2. The molecule has 6 heteroatoms. The van der Waals surface area contributed by atoms with Gasteiger partial charge in [0.25, 0.3) is 0 Å². The smallest absolute Gasteiger partial charge is 0.332 e. The lowest BCUT2D eigenvalue weighted by molar-refractivity contribution is -0.137. The van der Waals surface area contributed by atoms with Crippen molar-refractivity contribution in [2.75, 3.05) is 0 Å². The Bertz CT molecular complexity index is 670. The second-order valence-corrected chi connectivity index (χ2v) is 5.23. The van der Waals surface area contributed by atoms with Crippen LogP contribution in [-0.2, 0) is 30.5 Å². The summed E-state index contributed by atoms with van der Waals surface area (Å²) in [5.41, 5.74) is 1.76. The van der Waals surface area contributed by atoms with Crippen LogP contribution in [0.1, 0.15) is 22.4 Å². The van der Waals surface area contributed by atoms with Gasteiger partial charge in [0, 0.05) is 12.7 Å². The zero-order chi connectivity index (χ0) is 15.7. The highest BCUT2D eigenvalue weighted by Gasteiger charge is 2.30. The molecule has 3 rings (SSSR count). The molecule has 114 valence electrons. The largest absolute Gasteiger partial charge is 0.416 e. The molecule has 0 aliphatic carbocycles. The molecule has 2 aromatic rings. The molecule has 0 atom stereocenters. The monoisotopic (exact) mass is 306 g/mol. The Balaban J connectivity index is 1.66. The van der Waals surface area contributed by atoms with Crippen molar-refractivity contribution in [1.82, 2.24) is 9.88 Å². The molecule has 1 aliphatic rings. The maximum absolute atomic E-state index is 12.5. The van der Waals surface area contributed by atoms with Crippen LogP contribution in [-0.4, -0.2) is 15.8 Å². The number of aromatic nitrogens is 1. The van der Waals surface area contributed by atoms with E-state index in [2.05, 4.69) is 4.98 Å². The van der Waals surface area contributed by atoms with Crippen molar-refractivity contribution in [3.05, 3.63) is 65.0 Å². The third-order valence-corrected chi connectivity index (χ3v) is 3.68. The van der Waals surface area contributed by atoms with Crippen molar-refractivity contribution in [2.24, 2.45) is 0 Å². The molecule has 22 heavy (non-hydrogen) atoms. The number of benzene rings is 1. The fourth-order valence-electron chi connectivity index (χ4n) is 2.47. The summed E-state index contributed by atoms with van der Waals surface area (Å²) in [6, 6.07) is 8.45. The van der Waals surface area contributed by atoms with Gasteiger partial charge in [0.2, 0.25) is 5.91 Å². The zero-order valence-corrected chi connectivity index (χ0v) is 11.6. The first-order valence-corrected chi connectivity index (χ1v) is 6.80. The van der Waals surface area contributed by atoms with Crippen molar-refractivity contribution < 1.29 is 18.0 Å². The molecular formula is C16H13F3N2O. The molecule has 1 aliphatic heterocycles. The van der Waals surface area contributed by atoms with Crippen LogP contribution < -0.4 is 0 Å². The molecule has 0 N–H and O–H groups in total. The van der Waals surface area contributed by atoms with E-state index in [4.69, 9.17) is 0 Å². The Labute approximate surface area is 125 Å². The Morgan fingerprint density at radius 3 is 2.50 bits per heavy atom. The van der Waals surface area contributed by atoms with Gasteiger partial charge in [-0.2, -0.15) is 13.2 Å². The summed E-state index contributed by atoms with van der Waals surface area (Å²) in [7, 11) is 0. The van der Waals surface area contributed by atoms with E-state index < -0.39 is 11.7 Å². The molecule has 0 saturated heterocycles. The van der Waals surface area contributed by atoms with Crippen LogP contribution in [0.4, 0.5) is 13.2 Å². The first-order valence-electron chi connectivity index (χ1n) is 6.80. The maximum atomic E-state index is 12.5. The Morgan fingerprint density at radius 2 is 1.86 bits per heavy atom. The summed E-state index contributed by atoms with van der Waals surface area (Å²) in [5, 5.41) is 0. The molecule has 0 unspecified atom stereocenters. The number of halogens is 3. The first-order chi connectivity index (χ1) is 10.4. The van der Waals surface area contributed by atoms with Gasteiger partial charge in [0.05, 0.1) is 24.2 Å². The quantitative estimate of drug-likeness (QED) is 0.854. The summed E-state index contributed by atoms with van der Waals surface area (Å²) in [6.45, 7) is 0.957. The van der Waals surface area contributed by atoms with Gasteiger partial charge < -0.3 is 4.90 Å². The average Bonchev–Trinajstić information content (AvgIpc) is 2.91. The molecule has 1 aromatic carbocycles. The van der Waals surface area contributed by atoms with Crippen LogP contribution in [0.15, 0.2) is 42.6 Å². The molecular weight excluding hydrogens is 293 g/mol. The van der Waals surface area contributed by atoms with Crippen molar-refractivity contribution >= 4 is 5.91 Å². The molecule has 0 radical (unpaired) electrons. The van der Waals surface area contributed by atoms with Gasteiger partial charge in [0.15, 0.2) is 0 Å². The van der Waals surface area contributed by atoms with Gasteiger partial charge in [-0.05, 0) is 29.3 Å². The van der Waals surface area contributed by atoms with Crippen molar-refractivity contribution in [2.45, 2.75) is 25.7 Å². The number of amides is 1. The summed E-state index contributed by atoms with van der Waals surface area (Å²) in [5.74, 6) is -0.113. The van der Waals surface area contributed by atoms with E-state index in [9.17, 15) is 18.0 Å². The van der Waals surface area contributed by atoms with E-state index in [0.29, 0.717) is 18.7 Å². The van der Waals surface area contributed by atoms with Gasteiger partial charge in [-0.25, -0.2) is 0 Å². The molecule has 3 nitrogen and oxygen atoms in total. The van der Waals surface area contributed by atoms with Crippen LogP contribution >= 0.6 is 0 Å². The number of nitrogens with zero attached hydrogens (tertiary/aromatic N) is 2. The highest BCUT2D eigenvalue weighted by atomic mass is 19.4. The number of pyridine rings is 1. The van der Waals surface area contributed by atoms with Crippen molar-refractivity contribution in [1.29, 1.82) is 0 Å². The summed E-state index contributed by atoms with van der Waals surface area (Å²) >= 11 is 0. The second kappa shape index (κ2) is 5.44. The molecule has 2 heterocycles. The van der Waals surface area contributed by atoms with Gasteiger partial charge in [0.1, 0.15) is 0 Å². The SMILES string of the molecule is O=C(Cc1ccc(C(F)(F)F)cc1)N1Cc2cccnc2C1. The Hall–Kier alpha value is -2.37. The zero-order valence-electron chi connectivity index (χ0n) is 11.6. The van der Waals surface area contributed by atoms with E-state index in [1.807, 2.05) is 12.1 Å². The predicted molar refractivity (Wildman–Crippen MR) is 73.6 cm³/mol. The predicted octanol–water partition coefficient (Wildman–Crippen LogP) is 3.19. The van der Waals surface area contributed by atoms with E-state index >= 15 is 0 Å². The van der Waals surface area contributed by atoms with Crippen LogP contribution in [0, 0.1) is 0 Å². The number of carbonyl (C=O) groups excluding carboxylic acids is 1. The third-order valence-electron chi connectivity index (χ3n) is 3.68. The van der Waals surface area contributed by atoms with Crippen LogP contribution in [0.5, 0.6) is 0 Å². The second-order valence-electron chi connectivity index (χ2n) is 5.23. The highest BCUT2D eigenvalue weighted by Crippen LogP contribution is 2.29. The van der Waals surface area contributed by atoms with Crippen molar-refractivity contribution in [3.8, 4) is 0 Å². The van der Waals surface area contributed by atoms with Gasteiger partial charge in [-0.1, -0.05) is 18.2 Å². The van der Waals surface area contributed by atoms with Crippen LogP contribution in [0.2, 0.25) is 0 Å². The lowest BCUT2D eigenvalue weighted by Gasteiger charge is -2.15. The topological polar surface area (TPSA) is 33.2 Å². The molecule has 0 saturated carbocycles. The fourth-order valence-corrected chi connectivity index (χ4v) is 2.47. The Kier molecular flexibility index (Phi) is 3.60. The lowest BCUT2D eigenvalue weighted by Crippen LogP contribution is -2.27. The van der Waals surface area contributed by atoms with Crippen molar-refractivity contribution in [3.63, 3.8) is 0 Å². The van der Waals surface area contributed by atoms with Gasteiger partial charge >= 0.3 is 6.18 Å². The minimum atomic E-state index is -4.36. The fraction of sp³-hybridized carbons (Fsp3) is 0.250. The van der Waals surface area contributed by atoms with E-state index in [1.54, 1.807) is 11.1 Å². The third kappa shape index (κ3) is 2.95. The first kappa shape index (κ1) is 14.6. The molecule has 0 fully saturated rings. The van der Waals surface area contributed by atoms with Crippen LogP contribution in [0.25, 0.3) is 0 Å². The lowest BCUT2D eigenvalue weighted by atomic mass is 10.1. The van der Waals surface area contributed by atoms with Crippen LogP contribution in [0.3, 0.4) is 0 Å². The number of rotatable bonds is 2. The summed E-state index contributed by atoms with van der Waals surface area (Å²) in [4.78, 5) is 18.1. The normalized spacial score (nSPS) is 14.0. The average molecular weight is 306 g/mol. The number of hydrogen-bond donors (Lipinski definition) is 0. The minimum Gasteiger partial charge on any atom is -0.332 e. The summed E-state index contributed by atoms with van der Waals surface area (Å²) < 4.78 is 37.5. The molecule has 0 spiro atoms. The standard InChI is InChI=1S/C16H13F3N2O/c17-16(18,19)13-5-3-11(4-6-13)8-15(22)21-9-12-2-1-7-20-14(12)10-21/h1-7H,8-10H2. The molecule has 0 bridgehead atoms. The number of carbonyl (C=O) groups is 1. The van der Waals surface area contributed by atoms with E-state index in [-0.39, 0.29) is 12.3 Å². The van der Waals surface area contributed by atoms with E-state index in [0.717, 1.165) is 23.4 Å². The highest BCUT2D eigenvalue weighted by molar-refractivity contribution is 5.79. The molecule has 1 aromatic heterocycles. The summed E-state index contributed by atoms with van der Waals surface area (Å²) in [6.07, 6.45) is -2.58.